The summed E-state index contributed by atoms with van der Waals surface area (Å²) in [6.45, 7) is 6.92. The lowest BCUT2D eigenvalue weighted by molar-refractivity contribution is -0.139. The predicted octanol–water partition coefficient (Wildman–Crippen LogP) is 0.722. The molecule has 1 unspecified atom stereocenters. The van der Waals surface area contributed by atoms with Crippen molar-refractivity contribution in [3.05, 3.63) is 18.5 Å². The molecule has 0 bridgehead atoms. The summed E-state index contributed by atoms with van der Waals surface area (Å²) < 4.78 is 1.97. The number of nitrogens with one attached hydrogen (secondary N) is 1. The minimum Gasteiger partial charge on any atom is -0.353 e. The van der Waals surface area contributed by atoms with Crippen molar-refractivity contribution < 1.29 is 9.59 Å². The first-order chi connectivity index (χ1) is 12.2. The molecule has 1 atom stereocenters. The van der Waals surface area contributed by atoms with E-state index in [1.54, 1.807) is 0 Å². The summed E-state index contributed by atoms with van der Waals surface area (Å²) in [5.74, 6) is 0.764. The Kier molecular flexibility index (Phi) is 6.07. The van der Waals surface area contributed by atoms with E-state index in [-0.39, 0.29) is 17.9 Å². The van der Waals surface area contributed by atoms with Gasteiger partial charge in [-0.2, -0.15) is 5.10 Å². The summed E-state index contributed by atoms with van der Waals surface area (Å²) >= 11 is 0. The first-order valence-electron chi connectivity index (χ1n) is 9.44. The summed E-state index contributed by atoms with van der Waals surface area (Å²) in [6.07, 6.45) is 7.30. The van der Waals surface area contributed by atoms with E-state index in [0.29, 0.717) is 18.9 Å². The summed E-state index contributed by atoms with van der Waals surface area (Å²) in [6, 6.07) is 1.64. The van der Waals surface area contributed by atoms with Crippen LogP contribution in [0.25, 0.3) is 0 Å². The molecule has 2 saturated heterocycles. The molecule has 3 heterocycles. The molecule has 2 amide bonds. The molecule has 3 rings (SSSR count). The Morgan fingerprint density at radius 3 is 2.80 bits per heavy atom. The molecule has 0 aromatic carbocycles. The Morgan fingerprint density at radius 1 is 1.32 bits per heavy atom. The average Bonchev–Trinajstić information content (AvgIpc) is 3.15. The zero-order valence-electron chi connectivity index (χ0n) is 15.1. The molecule has 0 spiro atoms. The Bertz CT molecular complexity index is 566. The zero-order chi connectivity index (χ0) is 17.6. The Balaban J connectivity index is 1.44. The molecule has 1 N–H and O–H groups in total. The molecule has 2 aliphatic rings. The van der Waals surface area contributed by atoms with Gasteiger partial charge in [0.25, 0.3) is 0 Å². The van der Waals surface area contributed by atoms with E-state index in [1.807, 2.05) is 35.0 Å². The monoisotopic (exact) mass is 347 g/mol. The van der Waals surface area contributed by atoms with Gasteiger partial charge in [-0.05, 0) is 37.8 Å². The predicted molar refractivity (Wildman–Crippen MR) is 94.8 cm³/mol. The van der Waals surface area contributed by atoms with Crippen molar-refractivity contribution in [2.75, 3.05) is 32.7 Å². The van der Waals surface area contributed by atoms with Gasteiger partial charge in [-0.1, -0.05) is 6.92 Å². The maximum atomic E-state index is 12.6. The second-order valence-electron chi connectivity index (χ2n) is 7.02. The lowest BCUT2D eigenvalue weighted by atomic mass is 9.93. The minimum atomic E-state index is -0.302. The highest BCUT2D eigenvalue weighted by Crippen LogP contribution is 2.22. The van der Waals surface area contributed by atoms with Gasteiger partial charge in [0.05, 0.1) is 12.5 Å². The van der Waals surface area contributed by atoms with E-state index in [1.165, 1.54) is 0 Å². The highest BCUT2D eigenvalue weighted by Gasteiger charge is 2.32. The number of amides is 2. The van der Waals surface area contributed by atoms with Crippen molar-refractivity contribution in [3.63, 3.8) is 0 Å². The number of likely N-dealkylation sites (tertiary alicyclic amines) is 1. The molecule has 2 aliphatic heterocycles. The molecule has 0 aliphatic carbocycles. The van der Waals surface area contributed by atoms with E-state index >= 15 is 0 Å². The van der Waals surface area contributed by atoms with Crippen molar-refractivity contribution >= 4 is 11.8 Å². The summed E-state index contributed by atoms with van der Waals surface area (Å²) in [5.41, 5.74) is 0. The van der Waals surface area contributed by atoms with Crippen LogP contribution in [0.4, 0.5) is 0 Å². The normalized spacial score (nSPS) is 22.8. The van der Waals surface area contributed by atoms with Gasteiger partial charge >= 0.3 is 0 Å². The van der Waals surface area contributed by atoms with Gasteiger partial charge in [0.2, 0.25) is 11.8 Å². The lowest BCUT2D eigenvalue weighted by Crippen LogP contribution is -2.56. The number of piperazine rings is 1. The quantitative estimate of drug-likeness (QED) is 0.823. The Labute approximate surface area is 149 Å². The van der Waals surface area contributed by atoms with Crippen molar-refractivity contribution in [1.82, 2.24) is 24.9 Å². The SMILES string of the molecule is CCN1CCNC(=O)C1CC(=O)N1CCC(CCn2cccn2)CC1. The summed E-state index contributed by atoms with van der Waals surface area (Å²) in [4.78, 5) is 28.8. The van der Waals surface area contributed by atoms with Crippen LogP contribution < -0.4 is 5.32 Å². The van der Waals surface area contributed by atoms with Gasteiger partial charge in [-0.25, -0.2) is 0 Å². The first kappa shape index (κ1) is 17.9. The maximum Gasteiger partial charge on any atom is 0.237 e. The maximum absolute atomic E-state index is 12.6. The van der Waals surface area contributed by atoms with E-state index in [0.717, 1.165) is 52.0 Å². The number of carbonyl (C=O) groups excluding carboxylic acids is 2. The van der Waals surface area contributed by atoms with Crippen LogP contribution in [0.5, 0.6) is 0 Å². The van der Waals surface area contributed by atoms with E-state index < -0.39 is 0 Å². The fourth-order valence-electron chi connectivity index (χ4n) is 3.88. The van der Waals surface area contributed by atoms with Crippen LogP contribution in [0, 0.1) is 5.92 Å². The standard InChI is InChI=1S/C18H29N5O2/c1-2-21-13-8-19-18(25)16(21)14-17(24)22-10-4-15(5-11-22)6-12-23-9-3-7-20-23/h3,7,9,15-16H,2,4-6,8,10-14H2,1H3,(H,19,25). The third-order valence-corrected chi connectivity index (χ3v) is 5.51. The van der Waals surface area contributed by atoms with E-state index in [9.17, 15) is 9.59 Å². The smallest absolute Gasteiger partial charge is 0.237 e. The molecule has 2 fully saturated rings. The number of likely N-dealkylation sites (N-methyl/N-ethyl adjacent to an activating group) is 1. The Morgan fingerprint density at radius 2 is 2.12 bits per heavy atom. The van der Waals surface area contributed by atoms with Gasteiger partial charge in [-0.3, -0.25) is 19.2 Å². The van der Waals surface area contributed by atoms with Crippen LogP contribution in [0.3, 0.4) is 0 Å². The third kappa shape index (κ3) is 4.60. The van der Waals surface area contributed by atoms with Crippen LogP contribution in [0.2, 0.25) is 0 Å². The third-order valence-electron chi connectivity index (χ3n) is 5.51. The zero-order valence-corrected chi connectivity index (χ0v) is 15.1. The molecular formula is C18H29N5O2. The molecule has 7 heteroatoms. The van der Waals surface area contributed by atoms with Gasteiger partial charge < -0.3 is 10.2 Å². The minimum absolute atomic E-state index is 0.00411. The molecule has 1 aromatic heterocycles. The number of aromatic nitrogens is 2. The van der Waals surface area contributed by atoms with Crippen molar-refractivity contribution in [2.24, 2.45) is 5.92 Å². The molecule has 138 valence electrons. The Hall–Kier alpha value is -1.89. The molecule has 1 aromatic rings. The van der Waals surface area contributed by atoms with Gasteiger partial charge in [0.1, 0.15) is 0 Å². The topological polar surface area (TPSA) is 70.5 Å². The van der Waals surface area contributed by atoms with Crippen LogP contribution in [-0.4, -0.2) is 70.2 Å². The van der Waals surface area contributed by atoms with Crippen molar-refractivity contribution in [2.45, 2.75) is 45.2 Å². The molecule has 0 radical (unpaired) electrons. The fourth-order valence-corrected chi connectivity index (χ4v) is 3.88. The highest BCUT2D eigenvalue weighted by atomic mass is 16.2. The lowest BCUT2D eigenvalue weighted by Gasteiger charge is -2.36. The van der Waals surface area contributed by atoms with Crippen molar-refractivity contribution in [3.8, 4) is 0 Å². The number of nitrogens with zero attached hydrogens (tertiary/aromatic N) is 4. The van der Waals surface area contributed by atoms with Gasteiger partial charge in [0.15, 0.2) is 0 Å². The number of carbonyl (C=O) groups is 2. The average molecular weight is 347 g/mol. The van der Waals surface area contributed by atoms with Gasteiger partial charge in [-0.15, -0.1) is 0 Å². The number of hydrogen-bond donors (Lipinski definition) is 1. The molecular weight excluding hydrogens is 318 g/mol. The summed E-state index contributed by atoms with van der Waals surface area (Å²) in [5, 5.41) is 7.12. The van der Waals surface area contributed by atoms with Crippen LogP contribution in [-0.2, 0) is 16.1 Å². The largest absolute Gasteiger partial charge is 0.353 e. The number of piperidine rings is 1. The fraction of sp³-hybridized carbons (Fsp3) is 0.722. The van der Waals surface area contributed by atoms with Crippen LogP contribution >= 0.6 is 0 Å². The second-order valence-corrected chi connectivity index (χ2v) is 7.02. The number of hydrogen-bond acceptors (Lipinski definition) is 4. The van der Waals surface area contributed by atoms with Gasteiger partial charge in [0, 0.05) is 45.1 Å². The highest BCUT2D eigenvalue weighted by molar-refractivity contribution is 5.88. The van der Waals surface area contributed by atoms with E-state index in [4.69, 9.17) is 0 Å². The number of aryl methyl sites for hydroxylation is 1. The van der Waals surface area contributed by atoms with Crippen molar-refractivity contribution in [1.29, 1.82) is 0 Å². The molecule has 25 heavy (non-hydrogen) atoms. The molecule has 0 saturated carbocycles. The summed E-state index contributed by atoms with van der Waals surface area (Å²) in [7, 11) is 0. The molecule has 7 nitrogen and oxygen atoms in total. The first-order valence-corrected chi connectivity index (χ1v) is 9.44. The van der Waals surface area contributed by atoms with Crippen LogP contribution in [0.15, 0.2) is 18.5 Å². The second kappa shape index (κ2) is 8.47. The number of rotatable bonds is 6. The van der Waals surface area contributed by atoms with E-state index in [2.05, 4.69) is 15.3 Å². The van der Waals surface area contributed by atoms with Crippen LogP contribution in [0.1, 0.15) is 32.6 Å².